The highest BCUT2D eigenvalue weighted by atomic mass is 32.1. The molecule has 3 aliphatic carbocycles. The fourth-order valence-corrected chi connectivity index (χ4v) is 3.75. The maximum absolute atomic E-state index is 6.19. The van der Waals surface area contributed by atoms with Crippen molar-refractivity contribution in [3.63, 3.8) is 0 Å². The van der Waals surface area contributed by atoms with Gasteiger partial charge in [-0.1, -0.05) is 37.1 Å². The Bertz CT molecular complexity index is 317. The maximum Gasteiger partial charge on any atom is 0.0765 e. The fourth-order valence-electron chi connectivity index (χ4n) is 3.41. The van der Waals surface area contributed by atoms with Gasteiger partial charge in [0.2, 0.25) is 0 Å². The summed E-state index contributed by atoms with van der Waals surface area (Å²) in [7, 11) is 0. The van der Waals surface area contributed by atoms with Gasteiger partial charge in [0, 0.05) is 5.25 Å². The number of hydrogen-bond acceptors (Lipinski definition) is 2. The summed E-state index contributed by atoms with van der Waals surface area (Å²) in [6.45, 7) is 0. The van der Waals surface area contributed by atoms with Crippen molar-refractivity contribution in [3.05, 3.63) is 24.3 Å². The highest BCUT2D eigenvalue weighted by molar-refractivity contribution is 7.81. The van der Waals surface area contributed by atoms with E-state index in [4.69, 9.17) is 4.74 Å². The molecule has 0 aromatic rings. The molecule has 0 radical (unpaired) electrons. The van der Waals surface area contributed by atoms with Crippen LogP contribution in [0.15, 0.2) is 24.3 Å². The topological polar surface area (TPSA) is 9.23 Å². The second kappa shape index (κ2) is 5.19. The molecule has 2 heteroatoms. The molecule has 4 atom stereocenters. The van der Waals surface area contributed by atoms with Crippen molar-refractivity contribution in [2.24, 2.45) is 11.8 Å². The maximum atomic E-state index is 6.19. The van der Waals surface area contributed by atoms with Crippen LogP contribution in [0.2, 0.25) is 0 Å². The minimum Gasteiger partial charge on any atom is -0.371 e. The van der Waals surface area contributed by atoms with Gasteiger partial charge in [-0.05, 0) is 37.5 Å². The van der Waals surface area contributed by atoms with Crippen molar-refractivity contribution in [3.8, 4) is 0 Å². The molecule has 1 fully saturated rings. The molecule has 0 heterocycles. The molecular weight excluding hydrogens is 228 g/mol. The van der Waals surface area contributed by atoms with Gasteiger partial charge in [-0.2, -0.15) is 12.6 Å². The van der Waals surface area contributed by atoms with Crippen molar-refractivity contribution in [2.75, 3.05) is 0 Å². The molecule has 4 unspecified atom stereocenters. The van der Waals surface area contributed by atoms with Gasteiger partial charge < -0.3 is 4.74 Å². The molecular formula is C15H22OS. The van der Waals surface area contributed by atoms with Crippen molar-refractivity contribution in [1.29, 1.82) is 0 Å². The molecule has 0 aromatic heterocycles. The molecule has 1 saturated carbocycles. The molecule has 17 heavy (non-hydrogen) atoms. The minimum atomic E-state index is 0.362. The zero-order valence-corrected chi connectivity index (χ0v) is 11.2. The minimum absolute atomic E-state index is 0.362. The molecule has 1 nitrogen and oxygen atoms in total. The molecule has 0 spiro atoms. The lowest BCUT2D eigenvalue weighted by Crippen LogP contribution is -2.30. The van der Waals surface area contributed by atoms with Gasteiger partial charge in [0.05, 0.1) is 12.2 Å². The molecule has 0 saturated heterocycles. The average Bonchev–Trinajstić information content (AvgIpc) is 2.82. The van der Waals surface area contributed by atoms with Crippen LogP contribution < -0.4 is 0 Å². The summed E-state index contributed by atoms with van der Waals surface area (Å²) < 4.78 is 6.19. The Morgan fingerprint density at radius 1 is 0.882 bits per heavy atom. The van der Waals surface area contributed by atoms with Crippen LogP contribution in [0.25, 0.3) is 0 Å². The highest BCUT2D eigenvalue weighted by Gasteiger charge is 2.30. The summed E-state index contributed by atoms with van der Waals surface area (Å²) in [5.41, 5.74) is 0. The first-order valence-electron chi connectivity index (χ1n) is 7.01. The number of fused-ring (bicyclic) bond motifs is 1. The van der Waals surface area contributed by atoms with Crippen LogP contribution in [0.5, 0.6) is 0 Å². The lowest BCUT2D eigenvalue weighted by Gasteiger charge is -2.34. The number of ether oxygens (including phenoxy) is 1. The summed E-state index contributed by atoms with van der Waals surface area (Å²) in [5, 5.41) is 0.452. The third-order valence-electron chi connectivity index (χ3n) is 4.39. The predicted octanol–water partition coefficient (Wildman–Crippen LogP) is 3.76. The normalized spacial score (nSPS) is 41.7. The first kappa shape index (κ1) is 11.9. The Morgan fingerprint density at radius 3 is 2.41 bits per heavy atom. The quantitative estimate of drug-likeness (QED) is 0.580. The second-order valence-electron chi connectivity index (χ2n) is 5.72. The fraction of sp³-hybridized carbons (Fsp3) is 0.733. The molecule has 3 aliphatic rings. The molecule has 0 aliphatic heterocycles. The molecule has 0 N–H and O–H groups in total. The third-order valence-corrected chi connectivity index (χ3v) is 4.77. The van der Waals surface area contributed by atoms with Crippen molar-refractivity contribution < 1.29 is 4.74 Å². The van der Waals surface area contributed by atoms with Gasteiger partial charge in [-0.3, -0.25) is 0 Å². The molecule has 94 valence electrons. The largest absolute Gasteiger partial charge is 0.371 e. The van der Waals surface area contributed by atoms with Crippen LogP contribution in [0.1, 0.15) is 38.5 Å². The van der Waals surface area contributed by atoms with Crippen LogP contribution in [-0.4, -0.2) is 17.5 Å². The Labute approximate surface area is 110 Å². The second-order valence-corrected chi connectivity index (χ2v) is 6.38. The van der Waals surface area contributed by atoms with Crippen molar-refractivity contribution in [1.82, 2.24) is 0 Å². The number of thiol groups is 1. The summed E-state index contributed by atoms with van der Waals surface area (Å²) >= 11 is 4.54. The standard InChI is InChI=1S/C15H22OS/c17-15-8-6-11-9-14(7-5-12(11)10-15)16-13-3-1-2-4-13/h5-8,11-15,17H,1-4,9-10H2. The van der Waals surface area contributed by atoms with Crippen molar-refractivity contribution >= 4 is 12.6 Å². The summed E-state index contributed by atoms with van der Waals surface area (Å²) in [6, 6.07) is 0. The molecule has 0 bridgehead atoms. The highest BCUT2D eigenvalue weighted by Crippen LogP contribution is 2.36. The van der Waals surface area contributed by atoms with E-state index in [9.17, 15) is 0 Å². The van der Waals surface area contributed by atoms with E-state index in [1.54, 1.807) is 0 Å². The van der Waals surface area contributed by atoms with Crippen LogP contribution in [-0.2, 0) is 4.74 Å². The summed E-state index contributed by atoms with van der Waals surface area (Å²) in [4.78, 5) is 0. The van der Waals surface area contributed by atoms with E-state index >= 15 is 0 Å². The number of hydrogen-bond donors (Lipinski definition) is 1. The lowest BCUT2D eigenvalue weighted by atomic mass is 9.77. The van der Waals surface area contributed by atoms with E-state index in [-0.39, 0.29) is 0 Å². The summed E-state index contributed by atoms with van der Waals surface area (Å²) in [6.07, 6.45) is 17.8. The van der Waals surface area contributed by atoms with Gasteiger partial charge in [-0.15, -0.1) is 0 Å². The zero-order valence-electron chi connectivity index (χ0n) is 10.3. The van der Waals surface area contributed by atoms with E-state index in [0.29, 0.717) is 29.3 Å². The Morgan fingerprint density at radius 2 is 1.59 bits per heavy atom. The van der Waals surface area contributed by atoms with Crippen LogP contribution in [0.3, 0.4) is 0 Å². The van der Waals surface area contributed by atoms with E-state index in [0.717, 1.165) is 0 Å². The van der Waals surface area contributed by atoms with Gasteiger partial charge in [0.25, 0.3) is 0 Å². The van der Waals surface area contributed by atoms with Gasteiger partial charge in [-0.25, -0.2) is 0 Å². The average molecular weight is 250 g/mol. The van der Waals surface area contributed by atoms with Crippen LogP contribution in [0.4, 0.5) is 0 Å². The van der Waals surface area contributed by atoms with Gasteiger partial charge >= 0.3 is 0 Å². The Kier molecular flexibility index (Phi) is 3.62. The van der Waals surface area contributed by atoms with Gasteiger partial charge in [0.15, 0.2) is 0 Å². The smallest absolute Gasteiger partial charge is 0.0765 e. The van der Waals surface area contributed by atoms with Crippen LogP contribution in [0, 0.1) is 11.8 Å². The SMILES string of the molecule is SC1C=CC2CC(OC3CCCC3)C=CC2C1. The predicted molar refractivity (Wildman–Crippen MR) is 74.4 cm³/mol. The molecule has 3 rings (SSSR count). The van der Waals surface area contributed by atoms with E-state index in [1.807, 2.05) is 0 Å². The lowest BCUT2D eigenvalue weighted by molar-refractivity contribution is 0.00168. The number of rotatable bonds is 2. The van der Waals surface area contributed by atoms with E-state index in [2.05, 4.69) is 36.9 Å². The first-order chi connectivity index (χ1) is 8.31. The van der Waals surface area contributed by atoms with Crippen molar-refractivity contribution in [2.45, 2.75) is 56.0 Å². The monoisotopic (exact) mass is 250 g/mol. The molecule has 0 amide bonds. The van der Waals surface area contributed by atoms with E-state index < -0.39 is 0 Å². The summed E-state index contributed by atoms with van der Waals surface area (Å²) in [5.74, 6) is 1.39. The van der Waals surface area contributed by atoms with Crippen LogP contribution >= 0.6 is 12.6 Å². The van der Waals surface area contributed by atoms with E-state index in [1.165, 1.54) is 38.5 Å². The third kappa shape index (κ3) is 2.79. The number of allylic oxidation sites excluding steroid dienone is 2. The Hall–Kier alpha value is -0.210. The van der Waals surface area contributed by atoms with Gasteiger partial charge in [0.1, 0.15) is 0 Å². The Balaban J connectivity index is 1.59. The zero-order chi connectivity index (χ0) is 11.7. The first-order valence-corrected chi connectivity index (χ1v) is 7.53. The molecule has 0 aromatic carbocycles.